The van der Waals surface area contributed by atoms with Crippen molar-refractivity contribution < 1.29 is 10.2 Å². The van der Waals surface area contributed by atoms with Crippen LogP contribution in [-0.2, 0) is 0 Å². The van der Waals surface area contributed by atoms with Gasteiger partial charge in [0, 0.05) is 17.8 Å². The molecule has 0 bridgehead atoms. The van der Waals surface area contributed by atoms with E-state index in [0.717, 1.165) is 23.2 Å². The number of anilines is 1. The molecule has 0 amide bonds. The van der Waals surface area contributed by atoms with Crippen LogP contribution >= 0.6 is 0 Å². The highest BCUT2D eigenvalue weighted by molar-refractivity contribution is 5.59. The molecule has 0 saturated carbocycles. The molecule has 3 heteroatoms. The molecule has 0 aliphatic rings. The highest BCUT2D eigenvalue weighted by Crippen LogP contribution is 2.17. The van der Waals surface area contributed by atoms with Gasteiger partial charge >= 0.3 is 0 Å². The summed E-state index contributed by atoms with van der Waals surface area (Å²) in [6.45, 7) is 8.03. The largest absolute Gasteiger partial charge is 0.395 e. The fourth-order valence-electron chi connectivity index (χ4n) is 1.66. The van der Waals surface area contributed by atoms with E-state index in [2.05, 4.69) is 23.7 Å². The maximum Gasteiger partial charge on any atom is 0.123 e. The fourth-order valence-corrected chi connectivity index (χ4v) is 1.66. The Bertz CT molecular complexity index is 509. The van der Waals surface area contributed by atoms with Crippen molar-refractivity contribution in [3.8, 4) is 11.8 Å². The number of nitrogens with one attached hydrogen (secondary N) is 1. The first-order valence-electron chi connectivity index (χ1n) is 6.78. The number of aliphatic hydroxyl groups excluding tert-OH is 1. The third kappa shape index (κ3) is 5.92. The summed E-state index contributed by atoms with van der Waals surface area (Å²) < 4.78 is 0. The molecular formula is C17H23NO2. The van der Waals surface area contributed by atoms with Gasteiger partial charge in [0.15, 0.2) is 0 Å². The van der Waals surface area contributed by atoms with Crippen molar-refractivity contribution in [3.05, 3.63) is 42.0 Å². The second kappa shape index (κ2) is 7.74. The molecule has 3 nitrogen and oxygen atoms in total. The minimum Gasteiger partial charge on any atom is -0.395 e. The third-order valence-corrected chi connectivity index (χ3v) is 2.86. The van der Waals surface area contributed by atoms with Crippen LogP contribution in [0.5, 0.6) is 0 Å². The van der Waals surface area contributed by atoms with Crippen molar-refractivity contribution in [1.29, 1.82) is 0 Å². The fraction of sp³-hybridized carbons (Fsp3) is 0.412. The Morgan fingerprint density at radius 3 is 2.75 bits per heavy atom. The van der Waals surface area contributed by atoms with Gasteiger partial charge in [-0.1, -0.05) is 29.5 Å². The summed E-state index contributed by atoms with van der Waals surface area (Å²) in [4.78, 5) is 0. The highest BCUT2D eigenvalue weighted by Gasteiger charge is 2.16. The Balaban J connectivity index is 2.82. The molecule has 0 heterocycles. The van der Waals surface area contributed by atoms with Crippen molar-refractivity contribution in [2.45, 2.75) is 32.3 Å². The van der Waals surface area contributed by atoms with Crippen LogP contribution in [-0.4, -0.2) is 29.0 Å². The quantitative estimate of drug-likeness (QED) is 0.551. The Morgan fingerprint density at radius 2 is 2.10 bits per heavy atom. The molecule has 1 aromatic carbocycles. The van der Waals surface area contributed by atoms with Gasteiger partial charge in [0.25, 0.3) is 0 Å². The van der Waals surface area contributed by atoms with Gasteiger partial charge in [-0.3, -0.25) is 0 Å². The van der Waals surface area contributed by atoms with E-state index in [-0.39, 0.29) is 6.61 Å². The van der Waals surface area contributed by atoms with Gasteiger partial charge in [0.2, 0.25) is 0 Å². The summed E-state index contributed by atoms with van der Waals surface area (Å²) in [5.74, 6) is 5.92. The average Bonchev–Trinajstić information content (AvgIpc) is 2.42. The van der Waals surface area contributed by atoms with E-state index in [1.54, 1.807) is 6.92 Å². The number of aliphatic hydroxyl groups is 2. The molecule has 1 unspecified atom stereocenters. The van der Waals surface area contributed by atoms with Crippen LogP contribution < -0.4 is 5.32 Å². The van der Waals surface area contributed by atoms with Crippen LogP contribution in [0.2, 0.25) is 0 Å². The minimum atomic E-state index is -1.02. The van der Waals surface area contributed by atoms with E-state index in [9.17, 15) is 5.11 Å². The first-order valence-corrected chi connectivity index (χ1v) is 6.78. The first kappa shape index (κ1) is 16.3. The predicted molar refractivity (Wildman–Crippen MR) is 83.6 cm³/mol. The van der Waals surface area contributed by atoms with Gasteiger partial charge in [-0.15, -0.1) is 6.58 Å². The van der Waals surface area contributed by atoms with Crippen LogP contribution in [0.25, 0.3) is 0 Å². The van der Waals surface area contributed by atoms with E-state index < -0.39 is 5.60 Å². The minimum absolute atomic E-state index is 0.0675. The van der Waals surface area contributed by atoms with Crippen molar-refractivity contribution in [2.24, 2.45) is 0 Å². The van der Waals surface area contributed by atoms with Crippen molar-refractivity contribution in [1.82, 2.24) is 0 Å². The van der Waals surface area contributed by atoms with Crippen LogP contribution in [0.4, 0.5) is 5.69 Å². The second-order valence-electron chi connectivity index (χ2n) is 5.18. The van der Waals surface area contributed by atoms with Gasteiger partial charge in [-0.2, -0.15) is 0 Å². The number of allylic oxidation sites excluding steroid dienone is 1. The molecule has 0 radical (unpaired) electrons. The van der Waals surface area contributed by atoms with Gasteiger partial charge in [0.05, 0.1) is 6.61 Å². The summed E-state index contributed by atoms with van der Waals surface area (Å²) in [5.41, 5.74) is 1.70. The molecular weight excluding hydrogens is 250 g/mol. The molecule has 3 N–H and O–H groups in total. The third-order valence-electron chi connectivity index (χ3n) is 2.86. The molecule has 20 heavy (non-hydrogen) atoms. The number of para-hydroxylation sites is 1. The van der Waals surface area contributed by atoms with E-state index >= 15 is 0 Å². The Hall–Kier alpha value is -1.76. The van der Waals surface area contributed by atoms with E-state index in [0.29, 0.717) is 13.0 Å². The number of benzene rings is 1. The van der Waals surface area contributed by atoms with Crippen LogP contribution in [0.15, 0.2) is 36.4 Å². The maximum absolute atomic E-state index is 10.2. The van der Waals surface area contributed by atoms with Crippen LogP contribution in [0.3, 0.4) is 0 Å². The summed E-state index contributed by atoms with van der Waals surface area (Å²) in [7, 11) is 0. The summed E-state index contributed by atoms with van der Waals surface area (Å²) in [6.07, 6.45) is 1.33. The molecule has 0 aliphatic carbocycles. The van der Waals surface area contributed by atoms with Crippen molar-refractivity contribution >= 4 is 5.69 Å². The van der Waals surface area contributed by atoms with Crippen LogP contribution in [0, 0.1) is 11.8 Å². The molecule has 1 atom stereocenters. The molecule has 0 aliphatic heterocycles. The molecule has 1 aromatic rings. The van der Waals surface area contributed by atoms with Gasteiger partial charge in [-0.25, -0.2) is 0 Å². The molecule has 0 fully saturated rings. The van der Waals surface area contributed by atoms with Gasteiger partial charge in [-0.05, 0) is 38.8 Å². The van der Waals surface area contributed by atoms with Crippen LogP contribution in [0.1, 0.15) is 32.3 Å². The van der Waals surface area contributed by atoms with E-state index in [1.165, 1.54) is 0 Å². The SMILES string of the molecule is C=C(C)CCC(C)(O)C#Cc1ccccc1NCCO. The molecule has 1 rings (SSSR count). The zero-order chi connectivity index (χ0) is 15.0. The average molecular weight is 273 g/mol. The zero-order valence-corrected chi connectivity index (χ0v) is 12.2. The normalized spacial score (nSPS) is 13.0. The molecule has 108 valence electrons. The molecule has 0 aromatic heterocycles. The van der Waals surface area contributed by atoms with Crippen molar-refractivity contribution in [2.75, 3.05) is 18.5 Å². The Morgan fingerprint density at radius 1 is 1.40 bits per heavy atom. The van der Waals surface area contributed by atoms with Gasteiger partial charge in [0.1, 0.15) is 5.60 Å². The second-order valence-corrected chi connectivity index (χ2v) is 5.18. The lowest BCUT2D eigenvalue weighted by Gasteiger charge is -2.16. The number of hydrogen-bond acceptors (Lipinski definition) is 3. The Labute approximate surface area is 121 Å². The van der Waals surface area contributed by atoms with Crippen molar-refractivity contribution in [3.63, 3.8) is 0 Å². The number of hydrogen-bond donors (Lipinski definition) is 3. The number of rotatable bonds is 6. The van der Waals surface area contributed by atoms with E-state index in [1.807, 2.05) is 31.2 Å². The first-order chi connectivity index (χ1) is 9.44. The lowest BCUT2D eigenvalue weighted by molar-refractivity contribution is 0.112. The summed E-state index contributed by atoms with van der Waals surface area (Å²) >= 11 is 0. The lowest BCUT2D eigenvalue weighted by atomic mass is 9.98. The summed E-state index contributed by atoms with van der Waals surface area (Å²) in [6, 6.07) is 7.60. The topological polar surface area (TPSA) is 52.5 Å². The highest BCUT2D eigenvalue weighted by atomic mass is 16.3. The van der Waals surface area contributed by atoms with E-state index in [4.69, 9.17) is 5.11 Å². The predicted octanol–water partition coefficient (Wildman–Crippen LogP) is 2.55. The smallest absolute Gasteiger partial charge is 0.123 e. The molecule has 0 saturated heterocycles. The maximum atomic E-state index is 10.2. The molecule has 0 spiro atoms. The standard InChI is InChI=1S/C17H23NO2/c1-14(2)8-10-17(3,20)11-9-15-6-4-5-7-16(15)18-12-13-19/h4-7,18-20H,1,8,10,12-13H2,2-3H3. The van der Waals surface area contributed by atoms with Gasteiger partial charge < -0.3 is 15.5 Å². The lowest BCUT2D eigenvalue weighted by Crippen LogP contribution is -2.21. The summed E-state index contributed by atoms with van der Waals surface area (Å²) in [5, 5.41) is 22.2. The zero-order valence-electron chi connectivity index (χ0n) is 12.2. The monoisotopic (exact) mass is 273 g/mol. The Kier molecular flexibility index (Phi) is 6.30.